The van der Waals surface area contributed by atoms with Crippen molar-refractivity contribution in [3.63, 3.8) is 0 Å². The van der Waals surface area contributed by atoms with Gasteiger partial charge < -0.3 is 10.2 Å². The molecule has 0 saturated heterocycles. The number of aryl methyl sites for hydroxylation is 2. The monoisotopic (exact) mass is 388 g/mol. The van der Waals surface area contributed by atoms with Gasteiger partial charge in [0.1, 0.15) is 0 Å². The molecule has 0 radical (unpaired) electrons. The minimum absolute atomic E-state index is 0.0444. The van der Waals surface area contributed by atoms with E-state index in [0.717, 1.165) is 21.3 Å². The number of carbonyl (C=O) groups excluding carboxylic acids is 2. The Morgan fingerprint density at radius 3 is 2.46 bits per heavy atom. The van der Waals surface area contributed by atoms with Crippen molar-refractivity contribution < 1.29 is 9.59 Å². The van der Waals surface area contributed by atoms with Gasteiger partial charge in [-0.3, -0.25) is 9.59 Å². The van der Waals surface area contributed by atoms with E-state index in [-0.39, 0.29) is 11.8 Å². The molecule has 1 N–H and O–H groups in total. The Bertz CT molecular complexity index is 759. The second-order valence-electron chi connectivity index (χ2n) is 5.70. The summed E-state index contributed by atoms with van der Waals surface area (Å²) in [5.74, 6) is -0.205. The zero-order valence-electron chi connectivity index (χ0n) is 14.1. The molecular weight excluding hydrogens is 368 g/mol. The first kappa shape index (κ1) is 18.2. The lowest BCUT2D eigenvalue weighted by Gasteiger charge is -2.23. The highest BCUT2D eigenvalue weighted by atomic mass is 79.9. The van der Waals surface area contributed by atoms with Gasteiger partial charge in [-0.2, -0.15) is 0 Å². The molecule has 0 unspecified atom stereocenters. The van der Waals surface area contributed by atoms with Gasteiger partial charge in [-0.15, -0.1) is 0 Å². The standard InChI is InChI=1S/C19H21BrN2O2/c1-13-8-9-18(14(2)12-13)22(15(3)23)11-10-21-19(24)16-6-4-5-7-17(16)20/h4-9,12H,10-11H2,1-3H3,(H,21,24). The molecule has 5 heteroatoms. The fraction of sp³-hybridized carbons (Fsp3) is 0.263. The topological polar surface area (TPSA) is 49.4 Å². The Labute approximate surface area is 151 Å². The molecule has 24 heavy (non-hydrogen) atoms. The van der Waals surface area contributed by atoms with Crippen molar-refractivity contribution in [1.82, 2.24) is 5.32 Å². The van der Waals surface area contributed by atoms with E-state index in [4.69, 9.17) is 0 Å². The van der Waals surface area contributed by atoms with Crippen molar-refractivity contribution in [2.75, 3.05) is 18.0 Å². The van der Waals surface area contributed by atoms with Gasteiger partial charge in [-0.1, -0.05) is 29.8 Å². The van der Waals surface area contributed by atoms with Crippen LogP contribution in [0, 0.1) is 13.8 Å². The normalized spacial score (nSPS) is 10.3. The number of hydrogen-bond donors (Lipinski definition) is 1. The van der Waals surface area contributed by atoms with Crippen LogP contribution in [-0.4, -0.2) is 24.9 Å². The average molecular weight is 389 g/mol. The van der Waals surface area contributed by atoms with Gasteiger partial charge in [0, 0.05) is 30.2 Å². The minimum atomic E-state index is -0.161. The number of nitrogens with zero attached hydrogens (tertiary/aromatic N) is 1. The maximum Gasteiger partial charge on any atom is 0.252 e. The van der Waals surface area contributed by atoms with Crippen molar-refractivity contribution in [2.45, 2.75) is 20.8 Å². The third-order valence-corrected chi connectivity index (χ3v) is 4.45. The Kier molecular flexibility index (Phi) is 6.15. The van der Waals surface area contributed by atoms with Gasteiger partial charge in [0.05, 0.1) is 5.56 Å². The Balaban J connectivity index is 2.04. The molecule has 0 aliphatic rings. The molecule has 2 aromatic carbocycles. The Morgan fingerprint density at radius 1 is 1.12 bits per heavy atom. The lowest BCUT2D eigenvalue weighted by Crippen LogP contribution is -2.38. The smallest absolute Gasteiger partial charge is 0.252 e. The van der Waals surface area contributed by atoms with Gasteiger partial charge >= 0.3 is 0 Å². The number of rotatable bonds is 5. The summed E-state index contributed by atoms with van der Waals surface area (Å²) in [4.78, 5) is 25.9. The van der Waals surface area contributed by atoms with E-state index in [9.17, 15) is 9.59 Å². The van der Waals surface area contributed by atoms with E-state index in [2.05, 4.69) is 21.2 Å². The van der Waals surface area contributed by atoms with E-state index in [1.165, 1.54) is 6.92 Å². The predicted octanol–water partition coefficient (Wildman–Crippen LogP) is 3.85. The van der Waals surface area contributed by atoms with E-state index in [1.54, 1.807) is 11.0 Å². The number of nitrogens with one attached hydrogen (secondary N) is 1. The quantitative estimate of drug-likeness (QED) is 0.845. The van der Waals surface area contributed by atoms with E-state index < -0.39 is 0 Å². The largest absolute Gasteiger partial charge is 0.350 e. The minimum Gasteiger partial charge on any atom is -0.350 e. The molecular formula is C19H21BrN2O2. The lowest BCUT2D eigenvalue weighted by atomic mass is 10.1. The van der Waals surface area contributed by atoms with E-state index in [0.29, 0.717) is 18.7 Å². The maximum absolute atomic E-state index is 12.2. The van der Waals surface area contributed by atoms with Gasteiger partial charge in [0.25, 0.3) is 5.91 Å². The molecule has 0 aliphatic carbocycles. The molecule has 0 aromatic heterocycles. The summed E-state index contributed by atoms with van der Waals surface area (Å²) in [6.45, 7) is 6.35. The second-order valence-corrected chi connectivity index (χ2v) is 6.55. The summed E-state index contributed by atoms with van der Waals surface area (Å²) in [5.41, 5.74) is 3.66. The highest BCUT2D eigenvalue weighted by Crippen LogP contribution is 2.21. The predicted molar refractivity (Wildman–Crippen MR) is 100 cm³/mol. The fourth-order valence-corrected chi connectivity index (χ4v) is 3.04. The van der Waals surface area contributed by atoms with Gasteiger partial charge in [0.2, 0.25) is 5.91 Å². The summed E-state index contributed by atoms with van der Waals surface area (Å²) in [7, 11) is 0. The van der Waals surface area contributed by atoms with Crippen LogP contribution in [0.25, 0.3) is 0 Å². The van der Waals surface area contributed by atoms with Gasteiger partial charge in [-0.25, -0.2) is 0 Å². The van der Waals surface area contributed by atoms with Crippen LogP contribution in [0.1, 0.15) is 28.4 Å². The van der Waals surface area contributed by atoms with E-state index >= 15 is 0 Å². The number of benzene rings is 2. The molecule has 0 bridgehead atoms. The maximum atomic E-state index is 12.2. The Hall–Kier alpha value is -2.14. The van der Waals surface area contributed by atoms with Crippen LogP contribution in [0.2, 0.25) is 0 Å². The summed E-state index contributed by atoms with van der Waals surface area (Å²) < 4.78 is 0.750. The Morgan fingerprint density at radius 2 is 1.83 bits per heavy atom. The van der Waals surface area contributed by atoms with Crippen molar-refractivity contribution >= 4 is 33.4 Å². The number of amides is 2. The number of halogens is 1. The highest BCUT2D eigenvalue weighted by Gasteiger charge is 2.15. The number of carbonyl (C=O) groups is 2. The van der Waals surface area contributed by atoms with Crippen LogP contribution >= 0.6 is 15.9 Å². The van der Waals surface area contributed by atoms with Crippen LogP contribution in [0.15, 0.2) is 46.9 Å². The van der Waals surface area contributed by atoms with Gasteiger partial charge in [-0.05, 0) is 53.5 Å². The first-order chi connectivity index (χ1) is 11.4. The molecule has 126 valence electrons. The molecule has 0 heterocycles. The highest BCUT2D eigenvalue weighted by molar-refractivity contribution is 9.10. The molecule has 0 atom stereocenters. The SMILES string of the molecule is CC(=O)N(CCNC(=O)c1ccccc1Br)c1ccc(C)cc1C. The van der Waals surface area contributed by atoms with Crippen molar-refractivity contribution in [3.05, 3.63) is 63.6 Å². The third kappa shape index (κ3) is 4.45. The molecule has 0 fully saturated rings. The molecule has 2 rings (SSSR count). The molecule has 0 saturated carbocycles. The zero-order chi connectivity index (χ0) is 17.7. The first-order valence-electron chi connectivity index (χ1n) is 7.78. The summed E-state index contributed by atoms with van der Waals surface area (Å²) in [6.07, 6.45) is 0. The number of anilines is 1. The molecule has 2 amide bonds. The van der Waals surface area contributed by atoms with Gasteiger partial charge in [0.15, 0.2) is 0 Å². The van der Waals surface area contributed by atoms with Crippen molar-refractivity contribution in [1.29, 1.82) is 0 Å². The van der Waals surface area contributed by atoms with Crippen molar-refractivity contribution in [2.24, 2.45) is 0 Å². The fourth-order valence-electron chi connectivity index (χ4n) is 2.58. The third-order valence-electron chi connectivity index (χ3n) is 3.76. The molecule has 0 spiro atoms. The van der Waals surface area contributed by atoms with Crippen molar-refractivity contribution in [3.8, 4) is 0 Å². The summed E-state index contributed by atoms with van der Waals surface area (Å²) >= 11 is 3.37. The first-order valence-corrected chi connectivity index (χ1v) is 8.57. The molecule has 2 aromatic rings. The van der Waals surface area contributed by atoms with Crippen LogP contribution in [0.3, 0.4) is 0 Å². The second kappa shape index (κ2) is 8.11. The molecule has 4 nitrogen and oxygen atoms in total. The van der Waals surface area contributed by atoms with Crippen LogP contribution in [-0.2, 0) is 4.79 Å². The van der Waals surface area contributed by atoms with E-state index in [1.807, 2.05) is 50.2 Å². The molecule has 0 aliphatic heterocycles. The van der Waals surface area contributed by atoms with Crippen LogP contribution in [0.5, 0.6) is 0 Å². The lowest BCUT2D eigenvalue weighted by molar-refractivity contribution is -0.116. The number of hydrogen-bond acceptors (Lipinski definition) is 2. The average Bonchev–Trinajstić information content (AvgIpc) is 2.52. The zero-order valence-corrected chi connectivity index (χ0v) is 15.7. The summed E-state index contributed by atoms with van der Waals surface area (Å²) in [5, 5.41) is 2.86. The van der Waals surface area contributed by atoms with Crippen LogP contribution < -0.4 is 10.2 Å². The van der Waals surface area contributed by atoms with Crippen LogP contribution in [0.4, 0.5) is 5.69 Å². The summed E-state index contributed by atoms with van der Waals surface area (Å²) in [6, 6.07) is 13.2.